The van der Waals surface area contributed by atoms with E-state index in [-0.39, 0.29) is 23.0 Å². The van der Waals surface area contributed by atoms with Gasteiger partial charge in [-0.15, -0.1) is 0 Å². The Hall–Kier alpha value is -2.85. The number of likely N-dealkylation sites (tertiary alicyclic amines) is 1. The molecule has 1 heterocycles. The van der Waals surface area contributed by atoms with Gasteiger partial charge in [0.1, 0.15) is 5.60 Å². The molecule has 2 N–H and O–H groups in total. The molecule has 1 aliphatic carbocycles. The quantitative estimate of drug-likeness (QED) is 0.145. The molecule has 0 radical (unpaired) electrons. The molecule has 3 atom stereocenters. The standard InChI is InChI=1S/C32H52N4O6/c1-32(2,3)42-31(37)33-22-28(21-25-13-7-5-8-14-25)34-29(24-36(38)39)35-18-11-17-27(23-35)30(41-20-12-19-40-4)26-15-9-6-10-16-26/h6,9-10,15-16,24-25,27-28,30,34H,5,7-8,11-14,17-23H2,1-4H3,(H,33,37)/b29-24+/t27?,28-,30?/m0/s1. The highest BCUT2D eigenvalue weighted by molar-refractivity contribution is 5.67. The second kappa shape index (κ2) is 17.3. The minimum absolute atomic E-state index is 0.116. The van der Waals surface area contributed by atoms with Gasteiger partial charge in [0.25, 0.3) is 6.20 Å². The van der Waals surface area contributed by atoms with Gasteiger partial charge >= 0.3 is 6.09 Å². The first kappa shape index (κ1) is 33.6. The molecule has 3 rings (SSSR count). The highest BCUT2D eigenvalue weighted by Gasteiger charge is 2.32. The molecule has 1 saturated carbocycles. The van der Waals surface area contributed by atoms with Gasteiger partial charge in [0.15, 0.2) is 5.82 Å². The Balaban J connectivity index is 1.76. The first-order valence-electron chi connectivity index (χ1n) is 15.6. The Morgan fingerprint density at radius 3 is 2.52 bits per heavy atom. The van der Waals surface area contributed by atoms with Crippen molar-refractivity contribution in [2.45, 2.75) is 96.3 Å². The van der Waals surface area contributed by atoms with Crippen LogP contribution < -0.4 is 10.6 Å². The van der Waals surface area contributed by atoms with Gasteiger partial charge in [-0.25, -0.2) is 4.79 Å². The minimum Gasteiger partial charge on any atom is -0.444 e. The Labute approximate surface area is 251 Å². The molecule has 10 heteroatoms. The van der Waals surface area contributed by atoms with E-state index >= 15 is 0 Å². The van der Waals surface area contributed by atoms with E-state index in [1.165, 1.54) is 19.3 Å². The summed E-state index contributed by atoms with van der Waals surface area (Å²) < 4.78 is 17.1. The second-order valence-electron chi connectivity index (χ2n) is 12.7. The van der Waals surface area contributed by atoms with E-state index in [1.807, 2.05) is 39.0 Å². The zero-order valence-corrected chi connectivity index (χ0v) is 26.0. The van der Waals surface area contributed by atoms with Crippen LogP contribution in [0.4, 0.5) is 4.79 Å². The molecule has 1 aliphatic heterocycles. The topological polar surface area (TPSA) is 115 Å². The average molecular weight is 589 g/mol. The number of alkyl carbamates (subject to hydrolysis) is 1. The summed E-state index contributed by atoms with van der Waals surface area (Å²) in [7, 11) is 1.69. The van der Waals surface area contributed by atoms with Crippen LogP contribution in [0.1, 0.15) is 90.2 Å². The number of carbonyl (C=O) groups excluding carboxylic acids is 1. The third-order valence-corrected chi connectivity index (χ3v) is 7.96. The lowest BCUT2D eigenvalue weighted by molar-refractivity contribution is -0.404. The highest BCUT2D eigenvalue weighted by Crippen LogP contribution is 2.34. The van der Waals surface area contributed by atoms with Gasteiger partial charge in [-0.2, -0.15) is 0 Å². The molecule has 1 aromatic carbocycles. The summed E-state index contributed by atoms with van der Waals surface area (Å²) in [5.41, 5.74) is 0.517. The van der Waals surface area contributed by atoms with Crippen molar-refractivity contribution in [3.8, 4) is 0 Å². The molecule has 0 spiro atoms. The highest BCUT2D eigenvalue weighted by atomic mass is 16.6. The van der Waals surface area contributed by atoms with Gasteiger partial charge in [0.2, 0.25) is 0 Å². The van der Waals surface area contributed by atoms with Crippen molar-refractivity contribution in [1.82, 2.24) is 15.5 Å². The SMILES string of the molecule is COCCCOC(c1ccccc1)C1CCCN(/C(=C/[N+](=O)[O-])N[C@H](CNC(=O)OC(C)(C)C)CC2CCCCC2)C1. The lowest BCUT2D eigenvalue weighted by atomic mass is 9.84. The van der Waals surface area contributed by atoms with E-state index in [0.29, 0.717) is 44.6 Å². The number of hydrogen-bond acceptors (Lipinski definition) is 8. The summed E-state index contributed by atoms with van der Waals surface area (Å²) in [6, 6.07) is 10.1. The van der Waals surface area contributed by atoms with E-state index in [2.05, 4.69) is 27.7 Å². The average Bonchev–Trinajstić information content (AvgIpc) is 2.95. The summed E-state index contributed by atoms with van der Waals surface area (Å²) in [6.07, 6.45) is 9.93. The van der Waals surface area contributed by atoms with Gasteiger partial charge in [-0.05, 0) is 57.9 Å². The molecule has 2 aliphatic rings. The van der Waals surface area contributed by atoms with Crippen molar-refractivity contribution in [1.29, 1.82) is 0 Å². The molecule has 2 unspecified atom stereocenters. The van der Waals surface area contributed by atoms with Crippen molar-refractivity contribution in [3.05, 3.63) is 58.0 Å². The fraction of sp³-hybridized carbons (Fsp3) is 0.719. The van der Waals surface area contributed by atoms with E-state index in [9.17, 15) is 14.9 Å². The minimum atomic E-state index is -0.600. The third kappa shape index (κ3) is 12.2. The number of nitrogens with one attached hydrogen (secondary N) is 2. The Morgan fingerprint density at radius 1 is 1.12 bits per heavy atom. The van der Waals surface area contributed by atoms with Gasteiger partial charge in [0, 0.05) is 51.9 Å². The predicted molar refractivity (Wildman–Crippen MR) is 163 cm³/mol. The van der Waals surface area contributed by atoms with Crippen LogP contribution in [-0.2, 0) is 14.2 Å². The number of carbonyl (C=O) groups is 1. The molecule has 1 saturated heterocycles. The maximum absolute atomic E-state index is 12.5. The molecule has 0 bridgehead atoms. The maximum Gasteiger partial charge on any atom is 0.407 e. The Bertz CT molecular complexity index is 977. The van der Waals surface area contributed by atoms with Crippen LogP contribution in [-0.4, -0.2) is 67.5 Å². The molecule has 1 amide bonds. The summed E-state index contributed by atoms with van der Waals surface area (Å²) >= 11 is 0. The molecule has 2 fully saturated rings. The second-order valence-corrected chi connectivity index (χ2v) is 12.7. The fourth-order valence-corrected chi connectivity index (χ4v) is 6.10. The molecular formula is C32H52N4O6. The number of nitro groups is 1. The van der Waals surface area contributed by atoms with Gasteiger partial charge in [-0.3, -0.25) is 10.1 Å². The van der Waals surface area contributed by atoms with E-state index < -0.39 is 11.7 Å². The van der Waals surface area contributed by atoms with Crippen LogP contribution in [0, 0.1) is 22.0 Å². The van der Waals surface area contributed by atoms with Crippen molar-refractivity contribution >= 4 is 6.09 Å². The number of hydrogen-bond donors (Lipinski definition) is 2. The van der Waals surface area contributed by atoms with Crippen LogP contribution in [0.2, 0.25) is 0 Å². The Kier molecular flexibility index (Phi) is 13.9. The first-order chi connectivity index (χ1) is 20.1. The normalized spacial score (nSPS) is 20.0. The largest absolute Gasteiger partial charge is 0.444 e. The smallest absolute Gasteiger partial charge is 0.407 e. The molecule has 42 heavy (non-hydrogen) atoms. The number of amides is 1. The van der Waals surface area contributed by atoms with E-state index in [1.54, 1.807) is 7.11 Å². The van der Waals surface area contributed by atoms with Gasteiger partial charge in [-0.1, -0.05) is 62.4 Å². The van der Waals surface area contributed by atoms with Crippen LogP contribution in [0.3, 0.4) is 0 Å². The van der Waals surface area contributed by atoms with Gasteiger partial charge in [0.05, 0.1) is 11.0 Å². The zero-order valence-electron chi connectivity index (χ0n) is 26.0. The summed E-state index contributed by atoms with van der Waals surface area (Å²) in [6.45, 7) is 8.39. The number of nitrogens with zero attached hydrogens (tertiary/aromatic N) is 2. The van der Waals surface area contributed by atoms with Crippen LogP contribution >= 0.6 is 0 Å². The monoisotopic (exact) mass is 588 g/mol. The summed E-state index contributed by atoms with van der Waals surface area (Å²) in [4.78, 5) is 26.0. The maximum atomic E-state index is 12.5. The number of benzene rings is 1. The van der Waals surface area contributed by atoms with Crippen molar-refractivity contribution < 1.29 is 23.9 Å². The lowest BCUT2D eigenvalue weighted by Crippen LogP contribution is -2.48. The number of rotatable bonds is 15. The molecule has 0 aromatic heterocycles. The van der Waals surface area contributed by atoms with Crippen LogP contribution in [0.5, 0.6) is 0 Å². The number of methoxy groups -OCH3 is 1. The Morgan fingerprint density at radius 2 is 1.86 bits per heavy atom. The molecule has 1 aromatic rings. The van der Waals surface area contributed by atoms with Crippen molar-refractivity contribution in [2.75, 3.05) is 40.0 Å². The van der Waals surface area contributed by atoms with Crippen molar-refractivity contribution in [3.63, 3.8) is 0 Å². The zero-order chi connectivity index (χ0) is 30.4. The van der Waals surface area contributed by atoms with E-state index in [4.69, 9.17) is 14.2 Å². The lowest BCUT2D eigenvalue weighted by Gasteiger charge is -2.40. The van der Waals surface area contributed by atoms with Crippen LogP contribution in [0.25, 0.3) is 0 Å². The van der Waals surface area contributed by atoms with E-state index in [0.717, 1.165) is 50.3 Å². The number of ether oxygens (including phenoxy) is 3. The van der Waals surface area contributed by atoms with Crippen molar-refractivity contribution in [2.24, 2.45) is 11.8 Å². The van der Waals surface area contributed by atoms with Crippen LogP contribution in [0.15, 0.2) is 42.4 Å². The fourth-order valence-electron chi connectivity index (χ4n) is 6.10. The summed E-state index contributed by atoms with van der Waals surface area (Å²) in [5.74, 6) is 1.17. The molecular weight excluding hydrogens is 536 g/mol. The molecule has 236 valence electrons. The van der Waals surface area contributed by atoms with Gasteiger partial charge < -0.3 is 29.7 Å². The third-order valence-electron chi connectivity index (χ3n) is 7.96. The molecule has 10 nitrogen and oxygen atoms in total. The predicted octanol–water partition coefficient (Wildman–Crippen LogP) is 6.02. The number of piperidine rings is 1. The first-order valence-corrected chi connectivity index (χ1v) is 15.6. The summed E-state index contributed by atoms with van der Waals surface area (Å²) in [5, 5.41) is 18.2.